The van der Waals surface area contributed by atoms with Gasteiger partial charge in [0.05, 0.1) is 4.90 Å². The number of hydrogen-bond donors (Lipinski definition) is 1. The number of sulfonamides is 1. The molecule has 0 saturated heterocycles. The van der Waals surface area contributed by atoms with Crippen LogP contribution in [0.25, 0.3) is 0 Å². The predicted octanol–water partition coefficient (Wildman–Crippen LogP) is 3.83. The molecular formula is C19H24N2O3S2. The van der Waals surface area contributed by atoms with Gasteiger partial charge in [-0.25, -0.2) is 8.42 Å². The van der Waals surface area contributed by atoms with Crippen LogP contribution in [0.2, 0.25) is 0 Å². The first kappa shape index (κ1) is 20.5. The van der Waals surface area contributed by atoms with Gasteiger partial charge in [-0.1, -0.05) is 32.0 Å². The van der Waals surface area contributed by atoms with Crippen LogP contribution in [-0.4, -0.2) is 38.0 Å². The average molecular weight is 393 g/mol. The van der Waals surface area contributed by atoms with E-state index in [4.69, 9.17) is 0 Å². The Morgan fingerprint density at radius 2 is 1.77 bits per heavy atom. The van der Waals surface area contributed by atoms with Crippen LogP contribution in [-0.2, 0) is 15.8 Å². The molecule has 2 aromatic carbocycles. The summed E-state index contributed by atoms with van der Waals surface area (Å²) in [5.41, 5.74) is 2.08. The maximum atomic E-state index is 12.6. The fraction of sp³-hybridized carbons (Fsp3) is 0.316. The van der Waals surface area contributed by atoms with Crippen LogP contribution in [0, 0.1) is 0 Å². The molecule has 140 valence electrons. The van der Waals surface area contributed by atoms with Gasteiger partial charge in [0.1, 0.15) is 0 Å². The molecule has 2 aromatic rings. The summed E-state index contributed by atoms with van der Waals surface area (Å²) in [6.45, 7) is 4.40. The highest BCUT2D eigenvalue weighted by molar-refractivity contribution is 7.97. The van der Waals surface area contributed by atoms with Gasteiger partial charge in [0.15, 0.2) is 0 Å². The van der Waals surface area contributed by atoms with Crippen molar-refractivity contribution >= 4 is 33.4 Å². The molecule has 5 nitrogen and oxygen atoms in total. The summed E-state index contributed by atoms with van der Waals surface area (Å²) < 4.78 is 26.6. The van der Waals surface area contributed by atoms with E-state index >= 15 is 0 Å². The Morgan fingerprint density at radius 1 is 1.08 bits per heavy atom. The van der Waals surface area contributed by atoms with Crippen LogP contribution in [0.5, 0.6) is 0 Å². The fourth-order valence-electron chi connectivity index (χ4n) is 2.62. The second-order valence-electron chi connectivity index (χ2n) is 5.70. The molecule has 0 saturated carbocycles. The van der Waals surface area contributed by atoms with Crippen molar-refractivity contribution in [2.24, 2.45) is 0 Å². The van der Waals surface area contributed by atoms with E-state index in [-0.39, 0.29) is 10.8 Å². The quantitative estimate of drug-likeness (QED) is 0.741. The molecule has 0 aliphatic carbocycles. The highest BCUT2D eigenvalue weighted by atomic mass is 32.2. The smallest absolute Gasteiger partial charge is 0.255 e. The van der Waals surface area contributed by atoms with Gasteiger partial charge >= 0.3 is 0 Å². The van der Waals surface area contributed by atoms with E-state index in [9.17, 15) is 13.2 Å². The summed E-state index contributed by atoms with van der Waals surface area (Å²) in [6.07, 6.45) is 2.01. The van der Waals surface area contributed by atoms with E-state index in [1.165, 1.54) is 10.4 Å². The first-order valence-corrected chi connectivity index (χ1v) is 11.2. The number of hydrogen-bond acceptors (Lipinski definition) is 4. The Labute approximate surface area is 159 Å². The van der Waals surface area contributed by atoms with Gasteiger partial charge in [-0.05, 0) is 42.2 Å². The van der Waals surface area contributed by atoms with Gasteiger partial charge in [-0.2, -0.15) is 16.1 Å². The largest absolute Gasteiger partial charge is 0.322 e. The van der Waals surface area contributed by atoms with E-state index in [2.05, 4.69) is 5.32 Å². The Balaban J connectivity index is 2.23. The van der Waals surface area contributed by atoms with Gasteiger partial charge in [0.25, 0.3) is 5.91 Å². The van der Waals surface area contributed by atoms with Crippen molar-refractivity contribution in [3.63, 3.8) is 0 Å². The van der Waals surface area contributed by atoms with Gasteiger partial charge in [0.2, 0.25) is 10.0 Å². The van der Waals surface area contributed by atoms with Crippen LogP contribution in [0.1, 0.15) is 29.8 Å². The Morgan fingerprint density at radius 3 is 2.42 bits per heavy atom. The van der Waals surface area contributed by atoms with Crippen LogP contribution in [0.4, 0.5) is 5.69 Å². The monoisotopic (exact) mass is 392 g/mol. The maximum absolute atomic E-state index is 12.6. The molecule has 0 bridgehead atoms. The van der Waals surface area contributed by atoms with Crippen molar-refractivity contribution in [1.82, 2.24) is 4.31 Å². The van der Waals surface area contributed by atoms with Crippen molar-refractivity contribution in [1.29, 1.82) is 0 Å². The normalized spacial score (nSPS) is 11.5. The number of nitrogens with zero attached hydrogens (tertiary/aromatic N) is 1. The van der Waals surface area contributed by atoms with Crippen molar-refractivity contribution in [3.05, 3.63) is 59.7 Å². The standard InChI is InChI=1S/C19H24N2O3S2/c1-4-21(5-2)26(23,24)18-11-7-10-17(13-18)20-19(22)16-9-6-8-15(12-16)14-25-3/h6-13H,4-5,14H2,1-3H3,(H,20,22). The van der Waals surface area contributed by atoms with Crippen molar-refractivity contribution in [2.45, 2.75) is 24.5 Å². The molecular weight excluding hydrogens is 368 g/mol. The third-order valence-electron chi connectivity index (χ3n) is 3.94. The lowest BCUT2D eigenvalue weighted by atomic mass is 10.1. The van der Waals surface area contributed by atoms with E-state index in [0.717, 1.165) is 11.3 Å². The van der Waals surface area contributed by atoms with Crippen molar-refractivity contribution in [3.8, 4) is 0 Å². The lowest BCUT2D eigenvalue weighted by molar-refractivity contribution is 0.102. The van der Waals surface area contributed by atoms with E-state index in [1.54, 1.807) is 49.9 Å². The minimum atomic E-state index is -3.56. The molecule has 0 aliphatic rings. The van der Waals surface area contributed by atoms with E-state index in [0.29, 0.717) is 24.3 Å². The van der Waals surface area contributed by atoms with E-state index < -0.39 is 10.0 Å². The van der Waals surface area contributed by atoms with Crippen LogP contribution < -0.4 is 5.32 Å². The summed E-state index contributed by atoms with van der Waals surface area (Å²) in [5, 5.41) is 2.79. The number of benzene rings is 2. The van der Waals surface area contributed by atoms with Gasteiger partial charge in [-0.15, -0.1) is 0 Å². The predicted molar refractivity (Wildman–Crippen MR) is 108 cm³/mol. The Hall–Kier alpha value is -1.83. The molecule has 26 heavy (non-hydrogen) atoms. The molecule has 0 heterocycles. The first-order valence-electron chi connectivity index (χ1n) is 8.41. The highest BCUT2D eigenvalue weighted by Crippen LogP contribution is 2.20. The van der Waals surface area contributed by atoms with Crippen LogP contribution in [0.3, 0.4) is 0 Å². The lowest BCUT2D eigenvalue weighted by Crippen LogP contribution is -2.30. The third kappa shape index (κ3) is 4.87. The van der Waals surface area contributed by atoms with Crippen molar-refractivity contribution in [2.75, 3.05) is 24.7 Å². The fourth-order valence-corrected chi connectivity index (χ4v) is 4.64. The molecule has 0 atom stereocenters. The summed E-state index contributed by atoms with van der Waals surface area (Å²) in [4.78, 5) is 12.7. The minimum absolute atomic E-state index is 0.176. The molecule has 0 aromatic heterocycles. The minimum Gasteiger partial charge on any atom is -0.322 e. The second-order valence-corrected chi connectivity index (χ2v) is 8.51. The maximum Gasteiger partial charge on any atom is 0.255 e. The second kappa shape index (κ2) is 9.21. The summed E-state index contributed by atoms with van der Waals surface area (Å²) in [7, 11) is -3.56. The molecule has 2 rings (SSSR count). The molecule has 0 aliphatic heterocycles. The SMILES string of the molecule is CCN(CC)S(=O)(=O)c1cccc(NC(=O)c2cccc(CSC)c2)c1. The Kier molecular flexibility index (Phi) is 7.25. The zero-order chi connectivity index (χ0) is 19.2. The van der Waals surface area contributed by atoms with Crippen molar-refractivity contribution < 1.29 is 13.2 Å². The number of carbonyl (C=O) groups is 1. The molecule has 0 spiro atoms. The summed E-state index contributed by atoms with van der Waals surface area (Å²) in [6, 6.07) is 13.8. The van der Waals surface area contributed by atoms with Gasteiger partial charge in [-0.3, -0.25) is 4.79 Å². The first-order chi connectivity index (χ1) is 12.4. The number of carbonyl (C=O) groups excluding carboxylic acids is 1. The lowest BCUT2D eigenvalue weighted by Gasteiger charge is -2.18. The highest BCUT2D eigenvalue weighted by Gasteiger charge is 2.21. The number of thioether (sulfide) groups is 1. The van der Waals surface area contributed by atoms with Gasteiger partial charge < -0.3 is 5.32 Å². The van der Waals surface area contributed by atoms with Crippen LogP contribution >= 0.6 is 11.8 Å². The Bertz CT molecular complexity index is 863. The molecule has 1 N–H and O–H groups in total. The topological polar surface area (TPSA) is 66.5 Å². The van der Waals surface area contributed by atoms with Crippen LogP contribution in [0.15, 0.2) is 53.4 Å². The number of nitrogens with one attached hydrogen (secondary N) is 1. The zero-order valence-corrected chi connectivity index (χ0v) is 16.9. The third-order valence-corrected chi connectivity index (χ3v) is 6.60. The summed E-state index contributed by atoms with van der Waals surface area (Å²) >= 11 is 1.69. The van der Waals surface area contributed by atoms with E-state index in [1.807, 2.05) is 24.5 Å². The molecule has 0 unspecified atom stereocenters. The average Bonchev–Trinajstić information content (AvgIpc) is 2.63. The molecule has 0 fully saturated rings. The van der Waals surface area contributed by atoms with Gasteiger partial charge in [0, 0.05) is 30.1 Å². The number of anilines is 1. The summed E-state index contributed by atoms with van der Waals surface area (Å²) in [5.74, 6) is 0.573. The molecule has 1 amide bonds. The molecule has 0 radical (unpaired) electrons. The zero-order valence-electron chi connectivity index (χ0n) is 15.2. The number of amides is 1. The number of rotatable bonds is 8. The molecule has 7 heteroatoms.